The fourth-order valence-corrected chi connectivity index (χ4v) is 7.80. The second kappa shape index (κ2) is 12.3. The maximum atomic E-state index is 7.02. The molecule has 0 bridgehead atoms. The number of likely N-dealkylation sites (N-methyl/N-ethyl adjacent to an activating group) is 2. The molecule has 1 unspecified atom stereocenters. The van der Waals surface area contributed by atoms with E-state index in [4.69, 9.17) is 19.7 Å². The number of likely N-dealkylation sites (tertiary alicyclic amines) is 2. The molecule has 6 nitrogen and oxygen atoms in total. The van der Waals surface area contributed by atoms with Gasteiger partial charge in [0.1, 0.15) is 12.2 Å². The Kier molecular flexibility index (Phi) is 7.76. The van der Waals surface area contributed by atoms with Crippen LogP contribution in [0.2, 0.25) is 0 Å². The Hall–Kier alpha value is -4.52. The zero-order valence-corrected chi connectivity index (χ0v) is 26.5. The second-order valence-corrected chi connectivity index (χ2v) is 12.9. The highest BCUT2D eigenvalue weighted by molar-refractivity contribution is 5.91. The Morgan fingerprint density at radius 1 is 0.522 bits per heavy atom. The summed E-state index contributed by atoms with van der Waals surface area (Å²) in [6.07, 6.45) is 4.04. The SMILES string of the molecule is CN1CCCC1[C@@H](Oc1nnc(O[C@@H](c2cccc3ccccc23)[C@@H]2CCCN2C)c2ccccc12)c1cccc2ccccc12. The van der Waals surface area contributed by atoms with Crippen molar-refractivity contribution in [2.45, 2.75) is 50.0 Å². The van der Waals surface area contributed by atoms with Gasteiger partial charge in [-0.3, -0.25) is 9.80 Å². The molecule has 2 aliphatic rings. The van der Waals surface area contributed by atoms with E-state index in [1.807, 2.05) is 12.1 Å². The summed E-state index contributed by atoms with van der Waals surface area (Å²) in [5.74, 6) is 1.08. The summed E-state index contributed by atoms with van der Waals surface area (Å²) in [6.45, 7) is 2.11. The van der Waals surface area contributed by atoms with Crippen molar-refractivity contribution in [3.8, 4) is 11.8 Å². The molecular formula is C40H40N4O2. The Morgan fingerprint density at radius 3 is 1.33 bits per heavy atom. The molecule has 232 valence electrons. The first kappa shape index (κ1) is 28.9. The minimum absolute atomic E-state index is 0.196. The highest BCUT2D eigenvalue weighted by Gasteiger charge is 2.36. The zero-order chi connectivity index (χ0) is 31.0. The summed E-state index contributed by atoms with van der Waals surface area (Å²) < 4.78 is 14.0. The normalized spacial score (nSPS) is 20.4. The van der Waals surface area contributed by atoms with Gasteiger partial charge in [-0.15, -0.1) is 10.2 Å². The van der Waals surface area contributed by atoms with Crippen LogP contribution >= 0.6 is 0 Å². The van der Waals surface area contributed by atoms with Gasteiger partial charge in [0, 0.05) is 11.1 Å². The third-order valence-electron chi connectivity index (χ3n) is 10.2. The van der Waals surface area contributed by atoms with Crippen molar-refractivity contribution in [1.29, 1.82) is 0 Å². The van der Waals surface area contributed by atoms with E-state index in [-0.39, 0.29) is 24.3 Å². The molecule has 6 heteroatoms. The van der Waals surface area contributed by atoms with Crippen molar-refractivity contribution in [2.24, 2.45) is 0 Å². The molecule has 1 aromatic heterocycles. The van der Waals surface area contributed by atoms with E-state index >= 15 is 0 Å². The van der Waals surface area contributed by atoms with E-state index < -0.39 is 0 Å². The smallest absolute Gasteiger partial charge is 0.242 e. The molecule has 8 rings (SSSR count). The topological polar surface area (TPSA) is 50.7 Å². The van der Waals surface area contributed by atoms with Crippen LogP contribution in [0.3, 0.4) is 0 Å². The summed E-state index contributed by atoms with van der Waals surface area (Å²) in [4.78, 5) is 4.85. The number of aromatic nitrogens is 2. The third kappa shape index (κ3) is 5.25. The first-order valence-electron chi connectivity index (χ1n) is 16.6. The minimum Gasteiger partial charge on any atom is -0.466 e. The number of nitrogens with zero attached hydrogens (tertiary/aromatic N) is 4. The van der Waals surface area contributed by atoms with Gasteiger partial charge < -0.3 is 9.47 Å². The Morgan fingerprint density at radius 2 is 0.913 bits per heavy atom. The third-order valence-corrected chi connectivity index (χ3v) is 10.2. The average Bonchev–Trinajstić information content (AvgIpc) is 3.73. The molecule has 0 saturated carbocycles. The Balaban J connectivity index is 1.21. The molecule has 0 radical (unpaired) electrons. The monoisotopic (exact) mass is 608 g/mol. The molecule has 2 saturated heterocycles. The van der Waals surface area contributed by atoms with E-state index in [0.717, 1.165) is 49.5 Å². The van der Waals surface area contributed by atoms with Crippen molar-refractivity contribution in [2.75, 3.05) is 27.2 Å². The van der Waals surface area contributed by atoms with Crippen molar-refractivity contribution in [1.82, 2.24) is 20.0 Å². The fraction of sp³-hybridized carbons (Fsp3) is 0.300. The number of fused-ring (bicyclic) bond motifs is 3. The highest BCUT2D eigenvalue weighted by atomic mass is 16.5. The van der Waals surface area contributed by atoms with Gasteiger partial charge in [0.15, 0.2) is 0 Å². The lowest BCUT2D eigenvalue weighted by Crippen LogP contribution is -2.35. The average molecular weight is 609 g/mol. The predicted octanol–water partition coefficient (Wildman–Crippen LogP) is 8.36. The van der Waals surface area contributed by atoms with Crippen LogP contribution < -0.4 is 9.47 Å². The lowest BCUT2D eigenvalue weighted by molar-refractivity contribution is 0.0981. The molecule has 0 N–H and O–H groups in total. The summed E-state index contributed by atoms with van der Waals surface area (Å²) in [5, 5.41) is 16.2. The van der Waals surface area contributed by atoms with Crippen molar-refractivity contribution in [3.63, 3.8) is 0 Å². The van der Waals surface area contributed by atoms with E-state index in [0.29, 0.717) is 11.8 Å². The van der Waals surface area contributed by atoms with Crippen LogP contribution in [-0.4, -0.2) is 59.3 Å². The summed E-state index contributed by atoms with van der Waals surface area (Å²) in [7, 11) is 4.40. The zero-order valence-electron chi connectivity index (χ0n) is 26.5. The van der Waals surface area contributed by atoms with Gasteiger partial charge in [0.2, 0.25) is 11.8 Å². The molecule has 0 spiro atoms. The van der Waals surface area contributed by atoms with Crippen molar-refractivity contribution in [3.05, 3.63) is 120 Å². The maximum Gasteiger partial charge on any atom is 0.242 e. The van der Waals surface area contributed by atoms with Crippen molar-refractivity contribution >= 4 is 32.3 Å². The predicted molar refractivity (Wildman–Crippen MR) is 185 cm³/mol. The maximum absolute atomic E-state index is 7.02. The molecule has 0 amide bonds. The minimum atomic E-state index is -0.196. The molecule has 6 aromatic rings. The highest BCUT2D eigenvalue weighted by Crippen LogP contribution is 2.41. The van der Waals surface area contributed by atoms with Crippen LogP contribution in [0, 0.1) is 0 Å². The van der Waals surface area contributed by atoms with Crippen LogP contribution in [0.4, 0.5) is 0 Å². The summed E-state index contributed by atoms with van der Waals surface area (Å²) >= 11 is 0. The van der Waals surface area contributed by atoms with Gasteiger partial charge in [-0.1, -0.05) is 97.1 Å². The van der Waals surface area contributed by atoms with E-state index in [1.165, 1.54) is 32.7 Å². The molecule has 3 heterocycles. The molecule has 4 atom stereocenters. The van der Waals surface area contributed by atoms with E-state index in [2.05, 4.69) is 121 Å². The first-order valence-corrected chi connectivity index (χ1v) is 16.6. The number of hydrogen-bond donors (Lipinski definition) is 0. The van der Waals surface area contributed by atoms with Gasteiger partial charge >= 0.3 is 0 Å². The number of benzene rings is 5. The lowest BCUT2D eigenvalue weighted by Gasteiger charge is -2.31. The molecule has 5 aromatic carbocycles. The van der Waals surface area contributed by atoms with Gasteiger partial charge in [-0.2, -0.15) is 0 Å². The molecule has 0 aliphatic carbocycles. The van der Waals surface area contributed by atoms with Gasteiger partial charge in [-0.05, 0) is 86.5 Å². The summed E-state index contributed by atoms with van der Waals surface area (Å²) in [6, 6.07) is 38.9. The number of hydrogen-bond acceptors (Lipinski definition) is 6. The van der Waals surface area contributed by atoms with Crippen LogP contribution in [0.5, 0.6) is 11.8 Å². The number of ether oxygens (including phenoxy) is 2. The standard InChI is InChI=1S/C40H40N4O2/c1-43-25-11-23-35(43)37(31-21-9-15-27-13-3-5-17-29(27)31)45-39-33-19-7-8-20-34(33)40(42-41-39)46-38(36-24-12-26-44(36)2)32-22-10-16-28-14-4-6-18-30(28)32/h3-10,13-22,35-38H,11-12,23-26H2,1-2H3/t35-,36?,37-,38-/m0/s1. The van der Waals surface area contributed by atoms with Gasteiger partial charge in [0.05, 0.1) is 22.9 Å². The fourth-order valence-electron chi connectivity index (χ4n) is 7.80. The Labute approximate surface area is 270 Å². The van der Waals surface area contributed by atoms with Gasteiger partial charge in [0.25, 0.3) is 0 Å². The van der Waals surface area contributed by atoms with Crippen LogP contribution in [0.1, 0.15) is 49.0 Å². The molecule has 46 heavy (non-hydrogen) atoms. The first-order chi connectivity index (χ1) is 22.7. The van der Waals surface area contributed by atoms with E-state index in [9.17, 15) is 0 Å². The van der Waals surface area contributed by atoms with Crippen molar-refractivity contribution < 1.29 is 9.47 Å². The second-order valence-electron chi connectivity index (χ2n) is 12.9. The Bertz CT molecular complexity index is 1860. The quantitative estimate of drug-likeness (QED) is 0.173. The molecule has 2 fully saturated rings. The van der Waals surface area contributed by atoms with Crippen LogP contribution in [0.15, 0.2) is 109 Å². The molecular weight excluding hydrogens is 568 g/mol. The largest absolute Gasteiger partial charge is 0.466 e. The number of rotatable bonds is 8. The van der Waals surface area contributed by atoms with Crippen LogP contribution in [0.25, 0.3) is 32.3 Å². The van der Waals surface area contributed by atoms with Crippen LogP contribution in [-0.2, 0) is 0 Å². The molecule has 2 aliphatic heterocycles. The lowest BCUT2D eigenvalue weighted by atomic mass is 9.94. The van der Waals surface area contributed by atoms with E-state index in [1.54, 1.807) is 0 Å². The van der Waals surface area contributed by atoms with Gasteiger partial charge in [-0.25, -0.2) is 0 Å². The summed E-state index contributed by atoms with van der Waals surface area (Å²) in [5.41, 5.74) is 2.37.